The molecule has 0 amide bonds. The molecule has 166 valence electrons. The molecule has 0 aliphatic carbocycles. The quantitative estimate of drug-likeness (QED) is 0.450. The number of aromatic nitrogens is 3. The number of alkyl halides is 3. The Bertz CT molecular complexity index is 1190. The molecule has 1 fully saturated rings. The van der Waals surface area contributed by atoms with Gasteiger partial charge in [0.2, 0.25) is 11.7 Å². The Morgan fingerprint density at radius 1 is 0.969 bits per heavy atom. The van der Waals surface area contributed by atoms with E-state index in [0.29, 0.717) is 25.0 Å². The number of nitrogens with zero attached hydrogens (tertiary/aromatic N) is 5. The van der Waals surface area contributed by atoms with Gasteiger partial charge in [0.25, 0.3) is 6.01 Å². The second kappa shape index (κ2) is 7.94. The first kappa shape index (κ1) is 20.5. The molecule has 0 bridgehead atoms. The van der Waals surface area contributed by atoms with E-state index in [4.69, 9.17) is 8.94 Å². The maximum absolute atomic E-state index is 13.0. The molecule has 0 radical (unpaired) electrons. The third-order valence-electron chi connectivity index (χ3n) is 5.66. The molecular formula is C22H20F3N5O2. The van der Waals surface area contributed by atoms with Gasteiger partial charge in [0, 0.05) is 31.7 Å². The van der Waals surface area contributed by atoms with Crippen molar-refractivity contribution in [2.24, 2.45) is 0 Å². The Hall–Kier alpha value is -3.40. The molecule has 1 saturated heterocycles. The molecule has 1 aliphatic heterocycles. The van der Waals surface area contributed by atoms with Gasteiger partial charge < -0.3 is 13.8 Å². The van der Waals surface area contributed by atoms with Gasteiger partial charge in [0.15, 0.2) is 5.58 Å². The SMILES string of the molecule is C[C@H](c1nc(-c2cccc(C(F)(F)F)c2)no1)N1CCN(c2nc3ccccc3o2)CC1. The highest BCUT2D eigenvalue weighted by Gasteiger charge is 2.31. The lowest BCUT2D eigenvalue weighted by Gasteiger charge is -2.35. The smallest absolute Gasteiger partial charge is 0.416 e. The molecule has 0 spiro atoms. The Labute approximate surface area is 181 Å². The van der Waals surface area contributed by atoms with E-state index in [2.05, 4.69) is 24.9 Å². The van der Waals surface area contributed by atoms with Gasteiger partial charge in [-0.2, -0.15) is 23.1 Å². The van der Waals surface area contributed by atoms with Crippen LogP contribution in [0.1, 0.15) is 24.4 Å². The first-order valence-corrected chi connectivity index (χ1v) is 10.2. The lowest BCUT2D eigenvalue weighted by atomic mass is 10.1. The molecule has 0 saturated carbocycles. The average molecular weight is 443 g/mol. The number of oxazole rings is 1. The van der Waals surface area contributed by atoms with Gasteiger partial charge in [-0.05, 0) is 31.2 Å². The Kier molecular flexibility index (Phi) is 5.09. The van der Waals surface area contributed by atoms with Crippen molar-refractivity contribution in [2.75, 3.05) is 31.1 Å². The van der Waals surface area contributed by atoms with Crippen molar-refractivity contribution >= 4 is 17.1 Å². The van der Waals surface area contributed by atoms with Crippen molar-refractivity contribution < 1.29 is 22.1 Å². The number of benzene rings is 2. The maximum atomic E-state index is 13.0. The minimum absolute atomic E-state index is 0.142. The predicted octanol–water partition coefficient (Wildman–Crippen LogP) is 4.78. The standard InChI is InChI=1S/C22H20F3N5O2/c1-14(20-27-19(28-32-20)15-5-4-6-16(13-15)22(23,24)25)29-9-11-30(12-10-29)21-26-17-7-2-3-8-18(17)31-21/h2-8,13-14H,9-12H2,1H3/t14-/m1/s1. The van der Waals surface area contributed by atoms with Gasteiger partial charge in [-0.3, -0.25) is 4.90 Å². The van der Waals surface area contributed by atoms with Crippen molar-refractivity contribution in [3.63, 3.8) is 0 Å². The molecular weight excluding hydrogens is 423 g/mol. The van der Waals surface area contributed by atoms with Gasteiger partial charge >= 0.3 is 6.18 Å². The van der Waals surface area contributed by atoms with E-state index in [1.165, 1.54) is 12.1 Å². The number of fused-ring (bicyclic) bond motifs is 1. The van der Waals surface area contributed by atoms with E-state index in [0.717, 1.165) is 36.3 Å². The maximum Gasteiger partial charge on any atom is 0.416 e. The highest BCUT2D eigenvalue weighted by atomic mass is 19.4. The third-order valence-corrected chi connectivity index (χ3v) is 5.66. The number of anilines is 1. The second-order valence-corrected chi connectivity index (χ2v) is 7.70. The van der Waals surface area contributed by atoms with E-state index in [1.54, 1.807) is 0 Å². The fourth-order valence-electron chi connectivity index (χ4n) is 3.81. The van der Waals surface area contributed by atoms with E-state index in [1.807, 2.05) is 31.2 Å². The predicted molar refractivity (Wildman–Crippen MR) is 111 cm³/mol. The summed E-state index contributed by atoms with van der Waals surface area (Å²) in [6.07, 6.45) is -4.43. The van der Waals surface area contributed by atoms with Gasteiger partial charge in [-0.25, -0.2) is 0 Å². The van der Waals surface area contributed by atoms with Crippen LogP contribution in [0.25, 0.3) is 22.5 Å². The molecule has 2 aromatic carbocycles. The fraction of sp³-hybridized carbons (Fsp3) is 0.318. The summed E-state index contributed by atoms with van der Waals surface area (Å²) in [5.41, 5.74) is 1.10. The van der Waals surface area contributed by atoms with Crippen LogP contribution in [-0.4, -0.2) is 46.2 Å². The van der Waals surface area contributed by atoms with E-state index < -0.39 is 11.7 Å². The number of rotatable bonds is 4. The zero-order chi connectivity index (χ0) is 22.3. The Balaban J connectivity index is 1.26. The summed E-state index contributed by atoms with van der Waals surface area (Å²) in [7, 11) is 0. The molecule has 7 nitrogen and oxygen atoms in total. The van der Waals surface area contributed by atoms with Crippen LogP contribution in [0, 0.1) is 0 Å². The van der Waals surface area contributed by atoms with Crippen LogP contribution in [0.15, 0.2) is 57.5 Å². The van der Waals surface area contributed by atoms with Crippen LogP contribution < -0.4 is 4.90 Å². The van der Waals surface area contributed by atoms with Crippen LogP contribution in [0.3, 0.4) is 0 Å². The van der Waals surface area contributed by atoms with Crippen molar-refractivity contribution in [1.82, 2.24) is 20.0 Å². The van der Waals surface area contributed by atoms with Crippen LogP contribution in [0.5, 0.6) is 0 Å². The summed E-state index contributed by atoms with van der Waals surface area (Å²) >= 11 is 0. The number of halogens is 3. The van der Waals surface area contributed by atoms with Crippen LogP contribution in [0.4, 0.5) is 19.2 Å². The first-order valence-electron chi connectivity index (χ1n) is 10.2. The fourth-order valence-corrected chi connectivity index (χ4v) is 3.81. The second-order valence-electron chi connectivity index (χ2n) is 7.70. The number of hydrogen-bond acceptors (Lipinski definition) is 7. The number of hydrogen-bond donors (Lipinski definition) is 0. The minimum atomic E-state index is -4.43. The van der Waals surface area contributed by atoms with Crippen molar-refractivity contribution in [2.45, 2.75) is 19.1 Å². The number of piperazine rings is 1. The molecule has 4 aromatic rings. The lowest BCUT2D eigenvalue weighted by molar-refractivity contribution is -0.137. The minimum Gasteiger partial charge on any atom is -0.423 e. The topological polar surface area (TPSA) is 71.4 Å². The summed E-state index contributed by atoms with van der Waals surface area (Å²) in [4.78, 5) is 13.2. The van der Waals surface area contributed by atoms with Crippen LogP contribution >= 0.6 is 0 Å². The van der Waals surface area contributed by atoms with Crippen LogP contribution in [0.2, 0.25) is 0 Å². The summed E-state index contributed by atoms with van der Waals surface area (Å²) in [5.74, 6) is 0.510. The van der Waals surface area contributed by atoms with E-state index >= 15 is 0 Å². The Morgan fingerprint density at radius 2 is 1.75 bits per heavy atom. The highest BCUT2D eigenvalue weighted by Crippen LogP contribution is 2.32. The van der Waals surface area contributed by atoms with Crippen molar-refractivity contribution in [3.8, 4) is 11.4 Å². The summed E-state index contributed by atoms with van der Waals surface area (Å²) in [6, 6.07) is 13.0. The normalized spacial score (nSPS) is 16.6. The van der Waals surface area contributed by atoms with Crippen LogP contribution in [-0.2, 0) is 6.18 Å². The van der Waals surface area contributed by atoms with Gasteiger partial charge in [0.1, 0.15) is 5.52 Å². The summed E-state index contributed by atoms with van der Waals surface area (Å²) in [6.45, 7) is 4.82. The average Bonchev–Trinajstić information content (AvgIpc) is 3.46. The van der Waals surface area contributed by atoms with Gasteiger partial charge in [-0.1, -0.05) is 29.4 Å². The molecule has 0 unspecified atom stereocenters. The van der Waals surface area contributed by atoms with E-state index in [-0.39, 0.29) is 17.4 Å². The molecule has 3 heterocycles. The van der Waals surface area contributed by atoms with E-state index in [9.17, 15) is 13.2 Å². The molecule has 0 N–H and O–H groups in total. The van der Waals surface area contributed by atoms with Crippen molar-refractivity contribution in [3.05, 3.63) is 60.0 Å². The highest BCUT2D eigenvalue weighted by molar-refractivity contribution is 5.74. The summed E-state index contributed by atoms with van der Waals surface area (Å²) < 4.78 is 50.2. The summed E-state index contributed by atoms with van der Waals surface area (Å²) in [5, 5.41) is 3.90. The molecule has 10 heteroatoms. The molecule has 1 aliphatic rings. The zero-order valence-electron chi connectivity index (χ0n) is 17.2. The Morgan fingerprint density at radius 3 is 2.50 bits per heavy atom. The lowest BCUT2D eigenvalue weighted by Crippen LogP contribution is -2.47. The van der Waals surface area contributed by atoms with Gasteiger partial charge in [-0.15, -0.1) is 0 Å². The first-order chi connectivity index (χ1) is 15.4. The molecule has 2 aromatic heterocycles. The molecule has 1 atom stereocenters. The monoisotopic (exact) mass is 443 g/mol. The number of para-hydroxylation sites is 2. The van der Waals surface area contributed by atoms with Gasteiger partial charge in [0.05, 0.1) is 11.6 Å². The molecule has 32 heavy (non-hydrogen) atoms. The third kappa shape index (κ3) is 3.93. The molecule has 5 rings (SSSR count). The zero-order valence-corrected chi connectivity index (χ0v) is 17.2. The van der Waals surface area contributed by atoms with Crippen molar-refractivity contribution in [1.29, 1.82) is 0 Å². The largest absolute Gasteiger partial charge is 0.423 e.